The van der Waals surface area contributed by atoms with Crippen molar-refractivity contribution >= 4 is 0 Å². The lowest BCUT2D eigenvalue weighted by Gasteiger charge is -2.50. The summed E-state index contributed by atoms with van der Waals surface area (Å²) in [7, 11) is 0. The molecule has 1 fully saturated rings. The third-order valence-corrected chi connectivity index (χ3v) is 5.44. The summed E-state index contributed by atoms with van der Waals surface area (Å²) in [6, 6.07) is 0.611. The normalized spacial score (nSPS) is 22.9. The summed E-state index contributed by atoms with van der Waals surface area (Å²) < 4.78 is 2.27. The average molecular weight is 292 g/mol. The highest BCUT2D eigenvalue weighted by atomic mass is 15.3. The molecule has 0 spiro atoms. The minimum Gasteiger partial charge on any atom is -0.334 e. The lowest BCUT2D eigenvalue weighted by atomic mass is 9.85. The molecule has 1 saturated heterocycles. The monoisotopic (exact) mass is 292 g/mol. The van der Waals surface area contributed by atoms with E-state index in [1.165, 1.54) is 12.8 Å². The van der Waals surface area contributed by atoms with Crippen LogP contribution in [0.2, 0.25) is 0 Å². The molecule has 120 valence electrons. The molecule has 21 heavy (non-hydrogen) atoms. The standard InChI is InChI=1S/C17H32N4/c1-6-17(7-2)13-19-16(14(3)4)12-21(17)11-10-20-9-8-18-15(20)5/h8-9,14,16,19H,6-7,10-13H2,1-5H3. The summed E-state index contributed by atoms with van der Waals surface area (Å²) in [6.45, 7) is 15.8. The minimum absolute atomic E-state index is 0.319. The van der Waals surface area contributed by atoms with Crippen LogP contribution in [0.1, 0.15) is 46.4 Å². The van der Waals surface area contributed by atoms with E-state index < -0.39 is 0 Å². The summed E-state index contributed by atoms with van der Waals surface area (Å²) in [5, 5.41) is 3.79. The Labute approximate surface area is 129 Å². The number of rotatable bonds is 6. The molecule has 0 amide bonds. The molecule has 1 N–H and O–H groups in total. The molecule has 0 radical (unpaired) electrons. The van der Waals surface area contributed by atoms with E-state index in [9.17, 15) is 0 Å². The zero-order chi connectivity index (χ0) is 15.5. The van der Waals surface area contributed by atoms with Crippen molar-refractivity contribution in [3.05, 3.63) is 18.2 Å². The van der Waals surface area contributed by atoms with Gasteiger partial charge in [0.25, 0.3) is 0 Å². The van der Waals surface area contributed by atoms with Gasteiger partial charge in [0.15, 0.2) is 0 Å². The van der Waals surface area contributed by atoms with E-state index in [-0.39, 0.29) is 0 Å². The fourth-order valence-corrected chi connectivity index (χ4v) is 3.52. The molecule has 1 aromatic rings. The number of hydrogen-bond donors (Lipinski definition) is 1. The molecule has 0 bridgehead atoms. The molecular formula is C17H32N4. The molecule has 1 aliphatic rings. The largest absolute Gasteiger partial charge is 0.334 e. The first-order chi connectivity index (χ1) is 10.0. The molecular weight excluding hydrogens is 260 g/mol. The van der Waals surface area contributed by atoms with Crippen molar-refractivity contribution in [2.75, 3.05) is 19.6 Å². The Balaban J connectivity index is 2.07. The van der Waals surface area contributed by atoms with Gasteiger partial charge in [0, 0.05) is 50.2 Å². The van der Waals surface area contributed by atoms with Gasteiger partial charge in [0.1, 0.15) is 5.82 Å². The SMILES string of the molecule is CCC1(CC)CNC(C(C)C)CN1CCn1ccnc1C. The number of nitrogens with one attached hydrogen (secondary N) is 1. The summed E-state index contributed by atoms with van der Waals surface area (Å²) >= 11 is 0. The number of nitrogens with zero attached hydrogens (tertiary/aromatic N) is 3. The van der Waals surface area contributed by atoms with Gasteiger partial charge in [0.2, 0.25) is 0 Å². The molecule has 0 aromatic carbocycles. The van der Waals surface area contributed by atoms with Crippen molar-refractivity contribution in [1.82, 2.24) is 19.8 Å². The van der Waals surface area contributed by atoms with Crippen LogP contribution >= 0.6 is 0 Å². The van der Waals surface area contributed by atoms with Gasteiger partial charge in [-0.3, -0.25) is 4.90 Å². The highest BCUT2D eigenvalue weighted by molar-refractivity contribution is 4.98. The maximum absolute atomic E-state index is 4.33. The maximum Gasteiger partial charge on any atom is 0.105 e. The van der Waals surface area contributed by atoms with E-state index in [4.69, 9.17) is 0 Å². The molecule has 4 heteroatoms. The van der Waals surface area contributed by atoms with Crippen LogP contribution in [0.25, 0.3) is 0 Å². The predicted molar refractivity (Wildman–Crippen MR) is 88.5 cm³/mol. The Kier molecular flexibility index (Phi) is 5.44. The van der Waals surface area contributed by atoms with E-state index in [1.54, 1.807) is 0 Å². The van der Waals surface area contributed by atoms with Crippen molar-refractivity contribution in [2.24, 2.45) is 5.92 Å². The first-order valence-corrected chi connectivity index (χ1v) is 8.48. The van der Waals surface area contributed by atoms with Crippen molar-refractivity contribution < 1.29 is 0 Å². The second-order valence-corrected chi connectivity index (χ2v) is 6.78. The highest BCUT2D eigenvalue weighted by Gasteiger charge is 2.39. The molecule has 1 aromatic heterocycles. The second kappa shape index (κ2) is 6.93. The van der Waals surface area contributed by atoms with Crippen LogP contribution in [0.15, 0.2) is 12.4 Å². The summed E-state index contributed by atoms with van der Waals surface area (Å²) in [4.78, 5) is 7.06. The van der Waals surface area contributed by atoms with Gasteiger partial charge in [0.05, 0.1) is 0 Å². The van der Waals surface area contributed by atoms with Crippen LogP contribution in [0, 0.1) is 12.8 Å². The van der Waals surface area contributed by atoms with E-state index in [2.05, 4.69) is 60.6 Å². The molecule has 1 atom stereocenters. The quantitative estimate of drug-likeness (QED) is 0.875. The van der Waals surface area contributed by atoms with Gasteiger partial charge in [-0.25, -0.2) is 4.98 Å². The molecule has 0 aliphatic carbocycles. The van der Waals surface area contributed by atoms with E-state index in [1.807, 2.05) is 6.20 Å². The van der Waals surface area contributed by atoms with Crippen LogP contribution in [0.4, 0.5) is 0 Å². The van der Waals surface area contributed by atoms with E-state index in [0.717, 1.165) is 32.0 Å². The Morgan fingerprint density at radius 3 is 2.57 bits per heavy atom. The van der Waals surface area contributed by atoms with Gasteiger partial charge in [-0.15, -0.1) is 0 Å². The van der Waals surface area contributed by atoms with Crippen molar-refractivity contribution in [2.45, 2.75) is 65.6 Å². The van der Waals surface area contributed by atoms with Gasteiger partial charge in [-0.05, 0) is 25.7 Å². The summed E-state index contributed by atoms with van der Waals surface area (Å²) in [6.07, 6.45) is 6.42. The fraction of sp³-hybridized carbons (Fsp3) is 0.824. The number of hydrogen-bond acceptors (Lipinski definition) is 3. The second-order valence-electron chi connectivity index (χ2n) is 6.78. The zero-order valence-electron chi connectivity index (χ0n) is 14.4. The van der Waals surface area contributed by atoms with Crippen LogP contribution < -0.4 is 5.32 Å². The van der Waals surface area contributed by atoms with Crippen molar-refractivity contribution in [3.8, 4) is 0 Å². The molecule has 0 saturated carbocycles. The van der Waals surface area contributed by atoms with Crippen LogP contribution in [0.3, 0.4) is 0 Å². The summed E-state index contributed by atoms with van der Waals surface area (Å²) in [5.74, 6) is 1.80. The minimum atomic E-state index is 0.319. The third kappa shape index (κ3) is 3.49. The Morgan fingerprint density at radius 2 is 2.05 bits per heavy atom. The lowest BCUT2D eigenvalue weighted by Crippen LogP contribution is -2.65. The average Bonchev–Trinajstić information content (AvgIpc) is 2.90. The molecule has 2 heterocycles. The van der Waals surface area contributed by atoms with E-state index >= 15 is 0 Å². The Bertz CT molecular complexity index is 434. The summed E-state index contributed by atoms with van der Waals surface area (Å²) in [5.41, 5.74) is 0.319. The topological polar surface area (TPSA) is 33.1 Å². The zero-order valence-corrected chi connectivity index (χ0v) is 14.4. The first kappa shape index (κ1) is 16.5. The van der Waals surface area contributed by atoms with Gasteiger partial charge >= 0.3 is 0 Å². The third-order valence-electron chi connectivity index (χ3n) is 5.44. The number of aryl methyl sites for hydroxylation is 1. The van der Waals surface area contributed by atoms with Crippen molar-refractivity contribution in [3.63, 3.8) is 0 Å². The highest BCUT2D eigenvalue weighted by Crippen LogP contribution is 2.28. The fourth-order valence-electron chi connectivity index (χ4n) is 3.52. The van der Waals surface area contributed by atoms with Gasteiger partial charge in [-0.1, -0.05) is 27.7 Å². The predicted octanol–water partition coefficient (Wildman–Crippen LogP) is 2.68. The maximum atomic E-state index is 4.33. The Morgan fingerprint density at radius 1 is 1.33 bits per heavy atom. The first-order valence-electron chi connectivity index (χ1n) is 8.48. The van der Waals surface area contributed by atoms with Crippen molar-refractivity contribution in [1.29, 1.82) is 0 Å². The van der Waals surface area contributed by atoms with E-state index in [0.29, 0.717) is 17.5 Å². The lowest BCUT2D eigenvalue weighted by molar-refractivity contribution is 0.0197. The van der Waals surface area contributed by atoms with Crippen LogP contribution in [-0.4, -0.2) is 45.7 Å². The number of aromatic nitrogens is 2. The smallest absolute Gasteiger partial charge is 0.105 e. The molecule has 1 unspecified atom stereocenters. The van der Waals surface area contributed by atoms with Gasteiger partial charge < -0.3 is 9.88 Å². The molecule has 4 nitrogen and oxygen atoms in total. The Hall–Kier alpha value is -0.870. The van der Waals surface area contributed by atoms with Gasteiger partial charge in [-0.2, -0.15) is 0 Å². The van der Waals surface area contributed by atoms with Crippen LogP contribution in [-0.2, 0) is 6.54 Å². The van der Waals surface area contributed by atoms with Crippen LogP contribution in [0.5, 0.6) is 0 Å². The number of imidazole rings is 1. The molecule has 2 rings (SSSR count). The number of piperazine rings is 1. The molecule has 1 aliphatic heterocycles.